The average Bonchev–Trinajstić information content (AvgIpc) is 2.64. The predicted octanol–water partition coefficient (Wildman–Crippen LogP) is 4.73. The molecule has 96 valence electrons. The molecule has 3 N–H and O–H groups in total. The molecule has 0 aliphatic carbocycles. The summed E-state index contributed by atoms with van der Waals surface area (Å²) in [5, 5.41) is 0. The molecule has 1 aromatic heterocycles. The lowest BCUT2D eigenvalue weighted by molar-refractivity contribution is 0.559. The summed E-state index contributed by atoms with van der Waals surface area (Å²) in [5.41, 5.74) is 4.04. The van der Waals surface area contributed by atoms with Crippen molar-refractivity contribution in [2.75, 3.05) is 0 Å². The maximum absolute atomic E-state index is 13.9. The van der Waals surface area contributed by atoms with Crippen LogP contribution in [0.25, 0.3) is 0 Å². The Morgan fingerprint density at radius 1 is 1.17 bits per heavy atom. The minimum absolute atomic E-state index is 0.296. The molecular formula is C11H8Br3FN2S. The molecule has 1 unspecified atom stereocenters. The Balaban J connectivity index is 2.51. The SMILES string of the molecule is NNC(c1cc(Br)ccc1F)c1cc(Br)sc1Br. The number of halogens is 4. The quantitative estimate of drug-likeness (QED) is 0.515. The van der Waals surface area contributed by atoms with Gasteiger partial charge in [0.05, 0.1) is 13.6 Å². The smallest absolute Gasteiger partial charge is 0.128 e. The van der Waals surface area contributed by atoms with Gasteiger partial charge in [-0.3, -0.25) is 5.84 Å². The molecule has 0 fully saturated rings. The second-order valence-corrected chi connectivity index (χ2v) is 8.21. The fraction of sp³-hybridized carbons (Fsp3) is 0.0909. The Morgan fingerprint density at radius 2 is 1.89 bits per heavy atom. The van der Waals surface area contributed by atoms with Crippen LogP contribution < -0.4 is 11.3 Å². The van der Waals surface area contributed by atoms with Crippen molar-refractivity contribution in [3.8, 4) is 0 Å². The Labute approximate surface area is 133 Å². The van der Waals surface area contributed by atoms with Gasteiger partial charge in [0.25, 0.3) is 0 Å². The molecule has 0 saturated carbocycles. The Morgan fingerprint density at radius 3 is 2.44 bits per heavy atom. The summed E-state index contributed by atoms with van der Waals surface area (Å²) in [6.07, 6.45) is 0. The minimum Gasteiger partial charge on any atom is -0.271 e. The molecule has 1 aromatic carbocycles. The zero-order valence-corrected chi connectivity index (χ0v) is 14.5. The van der Waals surface area contributed by atoms with Crippen LogP contribution in [0.2, 0.25) is 0 Å². The van der Waals surface area contributed by atoms with E-state index in [1.165, 1.54) is 17.4 Å². The molecule has 1 heterocycles. The van der Waals surface area contributed by atoms with Crippen LogP contribution in [0.4, 0.5) is 4.39 Å². The molecule has 18 heavy (non-hydrogen) atoms. The van der Waals surface area contributed by atoms with Crippen LogP contribution in [0.1, 0.15) is 17.2 Å². The van der Waals surface area contributed by atoms with Gasteiger partial charge in [-0.15, -0.1) is 11.3 Å². The molecule has 2 nitrogen and oxygen atoms in total. The van der Waals surface area contributed by atoms with Crippen molar-refractivity contribution in [3.63, 3.8) is 0 Å². The maximum Gasteiger partial charge on any atom is 0.128 e. The van der Waals surface area contributed by atoms with Crippen LogP contribution in [-0.2, 0) is 0 Å². The molecule has 0 aliphatic rings. The maximum atomic E-state index is 13.9. The van der Waals surface area contributed by atoms with Crippen molar-refractivity contribution in [3.05, 3.63) is 53.3 Å². The summed E-state index contributed by atoms with van der Waals surface area (Å²) in [6.45, 7) is 0. The van der Waals surface area contributed by atoms with Gasteiger partial charge < -0.3 is 0 Å². The molecule has 7 heteroatoms. The summed E-state index contributed by atoms with van der Waals surface area (Å²) in [4.78, 5) is 0. The normalized spacial score (nSPS) is 12.7. The van der Waals surface area contributed by atoms with E-state index in [-0.39, 0.29) is 5.82 Å². The largest absolute Gasteiger partial charge is 0.271 e. The van der Waals surface area contributed by atoms with Crippen LogP contribution >= 0.6 is 59.1 Å². The molecule has 1 atom stereocenters. The third kappa shape index (κ3) is 3.02. The van der Waals surface area contributed by atoms with Crippen molar-refractivity contribution in [2.24, 2.45) is 5.84 Å². The van der Waals surface area contributed by atoms with Crippen molar-refractivity contribution in [2.45, 2.75) is 6.04 Å². The molecule has 2 aromatic rings. The highest BCUT2D eigenvalue weighted by Crippen LogP contribution is 2.38. The van der Waals surface area contributed by atoms with Gasteiger partial charge in [-0.2, -0.15) is 0 Å². The highest BCUT2D eigenvalue weighted by Gasteiger charge is 2.21. The second kappa shape index (κ2) is 6.11. The number of hydrogen-bond donors (Lipinski definition) is 2. The van der Waals surface area contributed by atoms with Gasteiger partial charge in [-0.1, -0.05) is 15.9 Å². The summed E-state index contributed by atoms with van der Waals surface area (Å²) >= 11 is 11.7. The van der Waals surface area contributed by atoms with E-state index in [2.05, 4.69) is 53.2 Å². The van der Waals surface area contributed by atoms with Gasteiger partial charge in [0, 0.05) is 15.6 Å². The predicted molar refractivity (Wildman–Crippen MR) is 83.0 cm³/mol. The van der Waals surface area contributed by atoms with Crippen molar-refractivity contribution < 1.29 is 4.39 Å². The van der Waals surface area contributed by atoms with Crippen LogP contribution in [0.15, 0.2) is 36.3 Å². The Hall–Kier alpha value is 0.210. The van der Waals surface area contributed by atoms with E-state index >= 15 is 0 Å². The van der Waals surface area contributed by atoms with E-state index in [1.54, 1.807) is 12.1 Å². The topological polar surface area (TPSA) is 38.0 Å². The van der Waals surface area contributed by atoms with E-state index in [1.807, 2.05) is 6.07 Å². The lowest BCUT2D eigenvalue weighted by Gasteiger charge is -2.17. The zero-order chi connectivity index (χ0) is 13.3. The first-order valence-electron chi connectivity index (χ1n) is 4.88. The lowest BCUT2D eigenvalue weighted by atomic mass is 10.0. The van der Waals surface area contributed by atoms with Crippen LogP contribution in [0, 0.1) is 5.82 Å². The third-order valence-electron chi connectivity index (χ3n) is 2.43. The molecule has 0 saturated heterocycles. The number of benzene rings is 1. The second-order valence-electron chi connectivity index (χ2n) is 3.55. The Bertz CT molecular complexity index is 573. The first kappa shape index (κ1) is 14.6. The minimum atomic E-state index is -0.403. The molecule has 0 radical (unpaired) electrons. The van der Waals surface area contributed by atoms with Crippen LogP contribution in [-0.4, -0.2) is 0 Å². The van der Waals surface area contributed by atoms with Crippen LogP contribution in [0.3, 0.4) is 0 Å². The van der Waals surface area contributed by atoms with Crippen molar-refractivity contribution >= 4 is 59.1 Å². The number of nitrogens with one attached hydrogen (secondary N) is 1. The summed E-state index contributed by atoms with van der Waals surface area (Å²) < 4.78 is 16.6. The fourth-order valence-electron chi connectivity index (χ4n) is 1.63. The molecule has 0 bridgehead atoms. The zero-order valence-electron chi connectivity index (χ0n) is 8.88. The number of hydrogen-bond acceptors (Lipinski definition) is 3. The average molecular weight is 459 g/mol. The monoisotopic (exact) mass is 456 g/mol. The van der Waals surface area contributed by atoms with Gasteiger partial charge >= 0.3 is 0 Å². The van der Waals surface area contributed by atoms with E-state index in [0.717, 1.165) is 17.6 Å². The number of hydrazine groups is 1. The third-order valence-corrected chi connectivity index (χ3v) is 5.31. The lowest BCUT2D eigenvalue weighted by Crippen LogP contribution is -2.29. The van der Waals surface area contributed by atoms with Crippen LogP contribution in [0.5, 0.6) is 0 Å². The highest BCUT2D eigenvalue weighted by molar-refractivity contribution is 9.12. The molecule has 2 rings (SSSR count). The van der Waals surface area contributed by atoms with Crippen molar-refractivity contribution in [1.29, 1.82) is 0 Å². The Kier molecular flexibility index (Phi) is 4.96. The van der Waals surface area contributed by atoms with Gasteiger partial charge in [0.15, 0.2) is 0 Å². The van der Waals surface area contributed by atoms with Crippen molar-refractivity contribution in [1.82, 2.24) is 5.43 Å². The van der Waals surface area contributed by atoms with Gasteiger partial charge in [-0.25, -0.2) is 9.82 Å². The fourth-order valence-corrected chi connectivity index (χ4v) is 4.91. The summed E-state index contributed by atoms with van der Waals surface area (Å²) in [6, 6.07) is 6.31. The van der Waals surface area contributed by atoms with E-state index < -0.39 is 6.04 Å². The molecule has 0 amide bonds. The highest BCUT2D eigenvalue weighted by atomic mass is 79.9. The molecular weight excluding hydrogens is 451 g/mol. The molecule has 0 spiro atoms. The first-order valence-corrected chi connectivity index (χ1v) is 8.08. The number of thiophene rings is 1. The van der Waals surface area contributed by atoms with Gasteiger partial charge in [-0.05, 0) is 56.1 Å². The van der Waals surface area contributed by atoms with E-state index in [0.29, 0.717) is 5.56 Å². The summed E-state index contributed by atoms with van der Waals surface area (Å²) in [5.74, 6) is 5.27. The van der Waals surface area contributed by atoms with Gasteiger partial charge in [0.2, 0.25) is 0 Å². The molecule has 0 aliphatic heterocycles. The van der Waals surface area contributed by atoms with Gasteiger partial charge in [0.1, 0.15) is 5.82 Å². The first-order chi connectivity index (χ1) is 8.52. The number of rotatable bonds is 3. The standard InChI is InChI=1S/C11H8Br3FN2S/c12-5-1-2-8(15)6(3-5)10(17-16)7-4-9(13)18-11(7)14/h1-4,10,17H,16H2. The van der Waals surface area contributed by atoms with E-state index in [9.17, 15) is 4.39 Å². The number of nitrogens with two attached hydrogens (primary N) is 1. The van der Waals surface area contributed by atoms with E-state index in [4.69, 9.17) is 5.84 Å². The summed E-state index contributed by atoms with van der Waals surface area (Å²) in [7, 11) is 0.